The zero-order valence-corrected chi connectivity index (χ0v) is 19.2. The molecule has 0 radical (unpaired) electrons. The summed E-state index contributed by atoms with van der Waals surface area (Å²) in [6.45, 7) is 9.75. The maximum absolute atomic E-state index is 12.6. The van der Waals surface area contributed by atoms with Crippen LogP contribution in [-0.4, -0.2) is 43.5 Å². The zero-order valence-electron chi connectivity index (χ0n) is 19.2. The Labute approximate surface area is 199 Å². The number of amides is 1. The molecule has 0 spiro atoms. The maximum atomic E-state index is 12.6. The second-order valence-electron chi connectivity index (χ2n) is 8.98. The van der Waals surface area contributed by atoms with E-state index in [1.807, 2.05) is 35.5 Å². The van der Waals surface area contributed by atoms with Crippen molar-refractivity contribution >= 4 is 16.8 Å². The van der Waals surface area contributed by atoms with Crippen LogP contribution in [0.4, 0.5) is 0 Å². The lowest BCUT2D eigenvalue weighted by Crippen LogP contribution is -2.39. The average Bonchev–Trinajstić information content (AvgIpc) is 3.51. The van der Waals surface area contributed by atoms with Crippen molar-refractivity contribution in [3.05, 3.63) is 84.1 Å². The summed E-state index contributed by atoms with van der Waals surface area (Å²) in [4.78, 5) is 18.0. The van der Waals surface area contributed by atoms with Gasteiger partial charge in [-0.1, -0.05) is 36.4 Å². The van der Waals surface area contributed by atoms with Crippen molar-refractivity contribution in [2.45, 2.75) is 38.9 Å². The van der Waals surface area contributed by atoms with Gasteiger partial charge in [0.2, 0.25) is 5.91 Å². The summed E-state index contributed by atoms with van der Waals surface area (Å²) in [5, 5.41) is 10.00. The number of aryl methyl sites for hydroxylation is 1. The van der Waals surface area contributed by atoms with Gasteiger partial charge in [0.15, 0.2) is 0 Å². The Morgan fingerprint density at radius 3 is 2.65 bits per heavy atom. The summed E-state index contributed by atoms with van der Waals surface area (Å²) in [6, 6.07) is 16.6. The number of carbonyl (C=O) groups is 1. The van der Waals surface area contributed by atoms with Crippen LogP contribution in [0.1, 0.15) is 24.8 Å². The lowest BCUT2D eigenvalue weighted by atomic mass is 9.96. The quantitative estimate of drug-likeness (QED) is 0.384. The highest BCUT2D eigenvalue weighted by Crippen LogP contribution is 2.26. The van der Waals surface area contributed by atoms with Gasteiger partial charge in [0, 0.05) is 43.2 Å². The van der Waals surface area contributed by atoms with Crippen LogP contribution in [0.3, 0.4) is 0 Å². The van der Waals surface area contributed by atoms with Gasteiger partial charge in [-0.05, 0) is 48.4 Å². The molecule has 0 bridgehead atoms. The van der Waals surface area contributed by atoms with E-state index in [0.717, 1.165) is 60.9 Å². The van der Waals surface area contributed by atoms with Crippen LogP contribution >= 0.6 is 0 Å². The van der Waals surface area contributed by atoms with Crippen LogP contribution in [0.25, 0.3) is 26.9 Å². The Bertz CT molecular complexity index is 1310. The molecule has 1 aliphatic rings. The van der Waals surface area contributed by atoms with Crippen molar-refractivity contribution in [2.75, 3.05) is 13.1 Å². The lowest BCUT2D eigenvalue weighted by molar-refractivity contribution is -0.132. The van der Waals surface area contributed by atoms with Crippen LogP contribution in [0.15, 0.2) is 67.1 Å². The maximum Gasteiger partial charge on any atom is 0.307 e. The lowest BCUT2D eigenvalue weighted by Gasteiger charge is -2.32. The average molecular weight is 453 g/mol. The third kappa shape index (κ3) is 4.86. The third-order valence-corrected chi connectivity index (χ3v) is 6.69. The summed E-state index contributed by atoms with van der Waals surface area (Å²) in [5.41, 5.74) is 4.42. The zero-order chi connectivity index (χ0) is 23.3. The summed E-state index contributed by atoms with van der Waals surface area (Å²) in [5.74, 6) is 0.784. The Morgan fingerprint density at radius 1 is 1.03 bits per heavy atom. The van der Waals surface area contributed by atoms with Crippen molar-refractivity contribution in [2.24, 2.45) is 5.92 Å². The molecule has 7 nitrogen and oxygen atoms in total. The first-order valence-electron chi connectivity index (χ1n) is 11.8. The first kappa shape index (κ1) is 21.9. The summed E-state index contributed by atoms with van der Waals surface area (Å²) < 4.78 is 3.74. The van der Waals surface area contributed by atoms with Crippen molar-refractivity contribution in [1.82, 2.24) is 24.5 Å². The molecule has 1 aliphatic heterocycles. The molecule has 1 saturated heterocycles. The number of piperidine rings is 1. The molecule has 0 atom stereocenters. The number of nitrogens with zero attached hydrogens (tertiary/aromatic N) is 6. The fraction of sp³-hybridized carbons (Fsp3) is 0.333. The number of likely N-dealkylation sites (tertiary alicyclic amines) is 1. The van der Waals surface area contributed by atoms with E-state index < -0.39 is 0 Å². The minimum absolute atomic E-state index is 0.234. The summed E-state index contributed by atoms with van der Waals surface area (Å²) in [7, 11) is 0. The molecule has 1 amide bonds. The number of rotatable bonds is 7. The molecular formula is C27H28N6O. The first-order chi connectivity index (χ1) is 16.7. The molecule has 3 heterocycles. The van der Waals surface area contributed by atoms with Crippen LogP contribution in [0, 0.1) is 12.5 Å². The minimum Gasteiger partial charge on any atom is -0.343 e. The molecule has 1 fully saturated rings. The third-order valence-electron chi connectivity index (χ3n) is 6.69. The smallest absolute Gasteiger partial charge is 0.307 e. The fourth-order valence-electron chi connectivity index (χ4n) is 4.74. The molecule has 7 heteroatoms. The first-order valence-corrected chi connectivity index (χ1v) is 11.8. The van der Waals surface area contributed by atoms with Gasteiger partial charge in [-0.15, -0.1) is 0 Å². The highest BCUT2D eigenvalue weighted by molar-refractivity contribution is 5.84. The monoisotopic (exact) mass is 452 g/mol. The second kappa shape index (κ2) is 9.92. The van der Waals surface area contributed by atoms with E-state index in [0.29, 0.717) is 12.3 Å². The number of aromatic nitrogens is 4. The molecule has 2 aromatic heterocycles. The van der Waals surface area contributed by atoms with Crippen LogP contribution in [-0.2, 0) is 24.4 Å². The number of carbonyl (C=O) groups excluding carboxylic acids is 1. The van der Waals surface area contributed by atoms with Crippen LogP contribution in [0.5, 0.6) is 0 Å². The normalized spacial score (nSPS) is 14.4. The van der Waals surface area contributed by atoms with E-state index in [9.17, 15) is 4.79 Å². The fourth-order valence-corrected chi connectivity index (χ4v) is 4.74. The Morgan fingerprint density at radius 2 is 1.85 bits per heavy atom. The van der Waals surface area contributed by atoms with E-state index in [1.54, 1.807) is 10.9 Å². The van der Waals surface area contributed by atoms with Crippen molar-refractivity contribution in [3.8, 4) is 11.1 Å². The number of benzene rings is 2. The van der Waals surface area contributed by atoms with Gasteiger partial charge in [0.25, 0.3) is 0 Å². The van der Waals surface area contributed by atoms with Crippen molar-refractivity contribution in [1.29, 1.82) is 0 Å². The molecule has 0 unspecified atom stereocenters. The van der Waals surface area contributed by atoms with Crippen LogP contribution in [0.2, 0.25) is 0 Å². The van der Waals surface area contributed by atoms with Gasteiger partial charge in [0.05, 0.1) is 17.9 Å². The van der Waals surface area contributed by atoms with Gasteiger partial charge in [-0.2, -0.15) is 10.2 Å². The summed E-state index contributed by atoms with van der Waals surface area (Å²) in [6.07, 6.45) is 9.03. The van der Waals surface area contributed by atoms with E-state index in [1.165, 1.54) is 5.56 Å². The minimum atomic E-state index is 0.234. The van der Waals surface area contributed by atoms with Crippen LogP contribution < -0.4 is 0 Å². The SMILES string of the molecule is [C-]#[N+]Cn1cc(-c2ccc3c(cnn3CC3CCN(C(=O)CCc4ccccc4)CC3)c2)cn1. The van der Waals surface area contributed by atoms with Gasteiger partial charge in [0.1, 0.15) is 0 Å². The van der Waals surface area contributed by atoms with E-state index in [-0.39, 0.29) is 12.6 Å². The molecule has 0 N–H and O–H groups in total. The molecule has 34 heavy (non-hydrogen) atoms. The molecule has 4 aromatic rings. The second-order valence-corrected chi connectivity index (χ2v) is 8.98. The number of hydrogen-bond donors (Lipinski definition) is 0. The largest absolute Gasteiger partial charge is 0.343 e. The van der Waals surface area contributed by atoms with Gasteiger partial charge in [-0.25, -0.2) is 11.3 Å². The predicted octanol–water partition coefficient (Wildman–Crippen LogP) is 4.65. The Kier molecular flexibility index (Phi) is 6.39. The van der Waals surface area contributed by atoms with E-state index in [2.05, 4.69) is 50.1 Å². The molecule has 2 aromatic carbocycles. The van der Waals surface area contributed by atoms with Crippen molar-refractivity contribution < 1.29 is 4.79 Å². The Hall–Kier alpha value is -3.92. The number of hydrogen-bond acceptors (Lipinski definition) is 3. The predicted molar refractivity (Wildman–Crippen MR) is 132 cm³/mol. The highest BCUT2D eigenvalue weighted by atomic mass is 16.2. The van der Waals surface area contributed by atoms with Gasteiger partial charge >= 0.3 is 6.67 Å². The molecule has 0 aliphatic carbocycles. The van der Waals surface area contributed by atoms with E-state index in [4.69, 9.17) is 6.57 Å². The molecule has 0 saturated carbocycles. The highest BCUT2D eigenvalue weighted by Gasteiger charge is 2.23. The topological polar surface area (TPSA) is 60.3 Å². The summed E-state index contributed by atoms with van der Waals surface area (Å²) >= 11 is 0. The van der Waals surface area contributed by atoms with E-state index >= 15 is 0 Å². The van der Waals surface area contributed by atoms with Gasteiger partial charge in [-0.3, -0.25) is 14.3 Å². The Balaban J connectivity index is 1.17. The standard InChI is InChI=1S/C27H28N6O/c1-28-20-32-19-25(17-29-32)23-8-9-26-24(15-23)16-30-33(26)18-22-11-13-31(14-12-22)27(34)10-7-21-5-3-2-4-6-21/h2-6,8-9,15-17,19,22H,7,10-14,18,20H2. The molecular weight excluding hydrogens is 424 g/mol. The molecule has 172 valence electrons. The number of fused-ring (bicyclic) bond motifs is 1. The van der Waals surface area contributed by atoms with Crippen molar-refractivity contribution in [3.63, 3.8) is 0 Å². The molecule has 5 rings (SSSR count). The van der Waals surface area contributed by atoms with Gasteiger partial charge < -0.3 is 4.90 Å².